The maximum absolute atomic E-state index is 6.46. The molecule has 146 valence electrons. The van der Waals surface area contributed by atoms with Crippen LogP contribution in [0, 0.1) is 6.92 Å². The monoisotopic (exact) mass is 421 g/mol. The van der Waals surface area contributed by atoms with Crippen molar-refractivity contribution in [2.45, 2.75) is 17.8 Å². The fourth-order valence-electron chi connectivity index (χ4n) is 3.02. The van der Waals surface area contributed by atoms with Crippen LogP contribution in [0.15, 0.2) is 78.0 Å². The molecule has 0 bridgehead atoms. The summed E-state index contributed by atoms with van der Waals surface area (Å²) in [5.41, 5.74) is 4.22. The quantitative estimate of drug-likeness (QED) is 0.347. The van der Waals surface area contributed by atoms with Crippen LogP contribution < -0.4 is 4.74 Å². The third kappa shape index (κ3) is 4.31. The van der Waals surface area contributed by atoms with Crippen molar-refractivity contribution in [3.8, 4) is 22.8 Å². The molecule has 0 spiro atoms. The Kier molecular flexibility index (Phi) is 5.88. The molecule has 1 aromatic heterocycles. The molecule has 0 amide bonds. The van der Waals surface area contributed by atoms with Gasteiger partial charge in [0.2, 0.25) is 0 Å². The zero-order valence-corrected chi connectivity index (χ0v) is 17.7. The summed E-state index contributed by atoms with van der Waals surface area (Å²) >= 11 is 8.09. The summed E-state index contributed by atoms with van der Waals surface area (Å²) in [7, 11) is 1.68. The zero-order chi connectivity index (χ0) is 20.2. The molecule has 0 aliphatic heterocycles. The van der Waals surface area contributed by atoms with E-state index in [0.29, 0.717) is 5.02 Å². The SMILES string of the molecule is COc1cccc(CSc2nnc(-c3ccccc3Cl)n2-c2ccc(C)cc2)c1. The van der Waals surface area contributed by atoms with Crippen LogP contribution in [0.4, 0.5) is 0 Å². The van der Waals surface area contributed by atoms with Crippen molar-refractivity contribution in [3.05, 3.63) is 88.9 Å². The summed E-state index contributed by atoms with van der Waals surface area (Å²) in [4.78, 5) is 0. The van der Waals surface area contributed by atoms with Gasteiger partial charge < -0.3 is 4.74 Å². The molecule has 4 aromatic rings. The first-order valence-corrected chi connectivity index (χ1v) is 10.5. The van der Waals surface area contributed by atoms with Crippen LogP contribution in [0.1, 0.15) is 11.1 Å². The lowest BCUT2D eigenvalue weighted by Crippen LogP contribution is -2.00. The number of aromatic nitrogens is 3. The van der Waals surface area contributed by atoms with Gasteiger partial charge in [-0.3, -0.25) is 4.57 Å². The van der Waals surface area contributed by atoms with Crippen molar-refractivity contribution in [3.63, 3.8) is 0 Å². The average molecular weight is 422 g/mol. The number of aryl methyl sites for hydroxylation is 1. The predicted octanol–water partition coefficient (Wildman–Crippen LogP) is 6.20. The fraction of sp³-hybridized carbons (Fsp3) is 0.130. The minimum atomic E-state index is 0.651. The molecule has 4 nitrogen and oxygen atoms in total. The fourth-order valence-corrected chi connectivity index (χ4v) is 4.13. The van der Waals surface area contributed by atoms with Crippen molar-refractivity contribution < 1.29 is 4.74 Å². The van der Waals surface area contributed by atoms with Gasteiger partial charge in [0.05, 0.1) is 12.1 Å². The van der Waals surface area contributed by atoms with Gasteiger partial charge in [0.25, 0.3) is 0 Å². The number of rotatable bonds is 6. The van der Waals surface area contributed by atoms with Crippen molar-refractivity contribution >= 4 is 23.4 Å². The lowest BCUT2D eigenvalue weighted by Gasteiger charge is -2.12. The van der Waals surface area contributed by atoms with E-state index in [4.69, 9.17) is 16.3 Å². The summed E-state index contributed by atoms with van der Waals surface area (Å²) in [6, 6.07) is 24.1. The van der Waals surface area contributed by atoms with Gasteiger partial charge in [-0.2, -0.15) is 0 Å². The normalized spacial score (nSPS) is 10.9. The first kappa shape index (κ1) is 19.6. The highest BCUT2D eigenvalue weighted by atomic mass is 35.5. The molecule has 1 heterocycles. The Bertz CT molecular complexity index is 1130. The Morgan fingerprint density at radius 3 is 2.52 bits per heavy atom. The Hall–Kier alpha value is -2.76. The van der Waals surface area contributed by atoms with Crippen LogP contribution in [0.25, 0.3) is 17.1 Å². The first-order valence-electron chi connectivity index (χ1n) is 9.19. The number of methoxy groups -OCH3 is 1. The molecular formula is C23H20ClN3OS. The van der Waals surface area contributed by atoms with E-state index in [0.717, 1.165) is 39.3 Å². The number of hydrogen-bond donors (Lipinski definition) is 0. The maximum atomic E-state index is 6.46. The Balaban J connectivity index is 1.73. The van der Waals surface area contributed by atoms with Crippen LogP contribution in [-0.4, -0.2) is 21.9 Å². The van der Waals surface area contributed by atoms with E-state index in [-0.39, 0.29) is 0 Å². The summed E-state index contributed by atoms with van der Waals surface area (Å²) in [5.74, 6) is 2.33. The standard InChI is InChI=1S/C23H20ClN3OS/c1-16-10-12-18(13-11-16)27-22(20-8-3-4-9-21(20)24)25-26-23(27)29-15-17-6-5-7-19(14-17)28-2/h3-14H,15H2,1-2H3. The Labute approximate surface area is 179 Å². The van der Waals surface area contributed by atoms with Crippen LogP contribution in [-0.2, 0) is 5.75 Å². The summed E-state index contributed by atoms with van der Waals surface area (Å²) in [6.45, 7) is 2.07. The molecule has 6 heteroatoms. The molecule has 0 saturated carbocycles. The van der Waals surface area contributed by atoms with E-state index >= 15 is 0 Å². The van der Waals surface area contributed by atoms with Gasteiger partial charge in [0.1, 0.15) is 5.75 Å². The molecule has 0 aliphatic rings. The maximum Gasteiger partial charge on any atom is 0.196 e. The smallest absolute Gasteiger partial charge is 0.196 e. The Morgan fingerprint density at radius 2 is 1.76 bits per heavy atom. The highest BCUT2D eigenvalue weighted by molar-refractivity contribution is 7.98. The molecule has 0 radical (unpaired) electrons. The molecule has 0 unspecified atom stereocenters. The van der Waals surface area contributed by atoms with Crippen molar-refractivity contribution in [2.24, 2.45) is 0 Å². The molecule has 0 fully saturated rings. The Morgan fingerprint density at radius 1 is 0.966 bits per heavy atom. The molecule has 3 aromatic carbocycles. The molecule has 0 atom stereocenters. The van der Waals surface area contributed by atoms with Gasteiger partial charge in [-0.1, -0.05) is 65.3 Å². The van der Waals surface area contributed by atoms with Crippen LogP contribution in [0.3, 0.4) is 0 Å². The van der Waals surface area contributed by atoms with E-state index in [9.17, 15) is 0 Å². The summed E-state index contributed by atoms with van der Waals surface area (Å²) in [6.07, 6.45) is 0. The lowest BCUT2D eigenvalue weighted by molar-refractivity contribution is 0.414. The first-order chi connectivity index (χ1) is 14.2. The third-order valence-corrected chi connectivity index (χ3v) is 5.87. The number of benzene rings is 3. The van der Waals surface area contributed by atoms with E-state index in [1.165, 1.54) is 5.56 Å². The van der Waals surface area contributed by atoms with Crippen LogP contribution in [0.5, 0.6) is 5.75 Å². The largest absolute Gasteiger partial charge is 0.497 e. The minimum Gasteiger partial charge on any atom is -0.497 e. The molecule has 0 N–H and O–H groups in total. The number of halogens is 1. The number of ether oxygens (including phenoxy) is 1. The van der Waals surface area contributed by atoms with Gasteiger partial charge in [-0.15, -0.1) is 10.2 Å². The van der Waals surface area contributed by atoms with Gasteiger partial charge in [-0.05, 0) is 48.9 Å². The highest BCUT2D eigenvalue weighted by Crippen LogP contribution is 2.33. The van der Waals surface area contributed by atoms with Crippen LogP contribution in [0.2, 0.25) is 5.02 Å². The third-order valence-electron chi connectivity index (χ3n) is 4.54. The number of thioether (sulfide) groups is 1. The van der Waals surface area contributed by atoms with Crippen molar-refractivity contribution in [2.75, 3.05) is 7.11 Å². The highest BCUT2D eigenvalue weighted by Gasteiger charge is 2.18. The van der Waals surface area contributed by atoms with E-state index in [2.05, 4.69) is 52.0 Å². The molecular weight excluding hydrogens is 402 g/mol. The molecule has 29 heavy (non-hydrogen) atoms. The topological polar surface area (TPSA) is 39.9 Å². The lowest BCUT2D eigenvalue weighted by atomic mass is 10.2. The van der Waals surface area contributed by atoms with Gasteiger partial charge in [-0.25, -0.2) is 0 Å². The number of hydrogen-bond acceptors (Lipinski definition) is 4. The molecule has 0 saturated heterocycles. The summed E-state index contributed by atoms with van der Waals surface area (Å²) in [5, 5.41) is 10.4. The van der Waals surface area contributed by atoms with E-state index < -0.39 is 0 Å². The van der Waals surface area contributed by atoms with Gasteiger partial charge >= 0.3 is 0 Å². The average Bonchev–Trinajstić information content (AvgIpc) is 3.17. The van der Waals surface area contributed by atoms with Crippen molar-refractivity contribution in [1.29, 1.82) is 0 Å². The molecule has 0 aliphatic carbocycles. The van der Waals surface area contributed by atoms with E-state index in [1.54, 1.807) is 18.9 Å². The van der Waals surface area contributed by atoms with Crippen molar-refractivity contribution in [1.82, 2.24) is 14.8 Å². The van der Waals surface area contributed by atoms with E-state index in [1.807, 2.05) is 42.5 Å². The second-order valence-corrected chi connectivity index (χ2v) is 7.95. The van der Waals surface area contributed by atoms with Gasteiger partial charge in [0.15, 0.2) is 11.0 Å². The zero-order valence-electron chi connectivity index (χ0n) is 16.2. The summed E-state index contributed by atoms with van der Waals surface area (Å²) < 4.78 is 7.39. The number of nitrogens with zero attached hydrogens (tertiary/aromatic N) is 3. The molecule has 4 rings (SSSR count). The predicted molar refractivity (Wildman–Crippen MR) is 119 cm³/mol. The van der Waals surface area contributed by atoms with Crippen LogP contribution >= 0.6 is 23.4 Å². The second-order valence-electron chi connectivity index (χ2n) is 6.60. The van der Waals surface area contributed by atoms with Gasteiger partial charge in [0, 0.05) is 17.0 Å². The minimum absolute atomic E-state index is 0.651. The second kappa shape index (κ2) is 8.72.